The van der Waals surface area contributed by atoms with Crippen LogP contribution in [0.15, 0.2) is 0 Å². The fourth-order valence-corrected chi connectivity index (χ4v) is 2.04. The Labute approximate surface area is 102 Å². The summed E-state index contributed by atoms with van der Waals surface area (Å²) < 4.78 is 0. The Kier molecular flexibility index (Phi) is 7.06. The molecular formula is C14H30N2. The molecule has 0 saturated heterocycles. The lowest BCUT2D eigenvalue weighted by Crippen LogP contribution is -2.33. The van der Waals surface area contributed by atoms with E-state index in [1.54, 1.807) is 0 Å². The van der Waals surface area contributed by atoms with Gasteiger partial charge in [0.05, 0.1) is 0 Å². The maximum absolute atomic E-state index is 3.56. The summed E-state index contributed by atoms with van der Waals surface area (Å²) in [5, 5.41) is 3.56. The van der Waals surface area contributed by atoms with Gasteiger partial charge < -0.3 is 10.2 Å². The molecule has 16 heavy (non-hydrogen) atoms. The molecular weight excluding hydrogens is 196 g/mol. The summed E-state index contributed by atoms with van der Waals surface area (Å²) in [5.74, 6) is 1.88. The maximum Gasteiger partial charge on any atom is 0.0107 e. The third kappa shape index (κ3) is 7.24. The highest BCUT2D eigenvalue weighted by atomic mass is 15.1. The molecule has 0 bridgehead atoms. The first kappa shape index (κ1) is 14.0. The minimum absolute atomic E-state index is 0.851. The molecule has 0 aromatic carbocycles. The molecule has 0 aromatic rings. The van der Waals surface area contributed by atoms with Crippen molar-refractivity contribution in [1.82, 2.24) is 10.2 Å². The Morgan fingerprint density at radius 2 is 2.00 bits per heavy atom. The zero-order valence-electron chi connectivity index (χ0n) is 11.5. The number of hydrogen-bond acceptors (Lipinski definition) is 2. The summed E-state index contributed by atoms with van der Waals surface area (Å²) in [6.45, 7) is 13.0. The van der Waals surface area contributed by atoms with Gasteiger partial charge in [0, 0.05) is 19.6 Å². The van der Waals surface area contributed by atoms with Gasteiger partial charge in [0.2, 0.25) is 0 Å². The van der Waals surface area contributed by atoms with Crippen molar-refractivity contribution in [1.29, 1.82) is 0 Å². The molecule has 96 valence electrons. The van der Waals surface area contributed by atoms with Crippen LogP contribution >= 0.6 is 0 Å². The highest BCUT2D eigenvalue weighted by Crippen LogP contribution is 2.29. The zero-order valence-corrected chi connectivity index (χ0v) is 11.5. The van der Waals surface area contributed by atoms with E-state index >= 15 is 0 Å². The third-order valence-corrected chi connectivity index (χ3v) is 3.40. The molecule has 1 aliphatic rings. The van der Waals surface area contributed by atoms with Gasteiger partial charge in [-0.15, -0.1) is 0 Å². The first-order chi connectivity index (χ1) is 7.72. The van der Waals surface area contributed by atoms with Crippen molar-refractivity contribution in [3.8, 4) is 0 Å². The molecule has 1 saturated carbocycles. The Morgan fingerprint density at radius 3 is 2.56 bits per heavy atom. The van der Waals surface area contributed by atoms with Crippen LogP contribution in [0.1, 0.15) is 46.5 Å². The lowest BCUT2D eigenvalue weighted by molar-refractivity contribution is 0.275. The molecule has 1 rings (SSSR count). The molecule has 1 aliphatic carbocycles. The van der Waals surface area contributed by atoms with Gasteiger partial charge in [-0.2, -0.15) is 0 Å². The predicted octanol–water partition coefficient (Wildman–Crippen LogP) is 2.74. The molecule has 2 heteroatoms. The molecule has 0 atom stereocenters. The monoisotopic (exact) mass is 226 g/mol. The first-order valence-corrected chi connectivity index (χ1v) is 7.15. The van der Waals surface area contributed by atoms with E-state index in [0.717, 1.165) is 11.8 Å². The molecule has 0 heterocycles. The van der Waals surface area contributed by atoms with Gasteiger partial charge in [0.1, 0.15) is 0 Å². The lowest BCUT2D eigenvalue weighted by Gasteiger charge is -2.20. The second-order valence-electron chi connectivity index (χ2n) is 5.62. The van der Waals surface area contributed by atoms with Crippen LogP contribution in [-0.2, 0) is 0 Å². The molecule has 0 aliphatic heterocycles. The number of nitrogens with one attached hydrogen (secondary N) is 1. The van der Waals surface area contributed by atoms with Crippen molar-refractivity contribution in [3.05, 3.63) is 0 Å². The fourth-order valence-electron chi connectivity index (χ4n) is 2.04. The summed E-state index contributed by atoms with van der Waals surface area (Å²) in [5.41, 5.74) is 0. The Bertz CT molecular complexity index is 164. The van der Waals surface area contributed by atoms with Crippen molar-refractivity contribution >= 4 is 0 Å². The van der Waals surface area contributed by atoms with E-state index in [1.807, 2.05) is 0 Å². The van der Waals surface area contributed by atoms with Crippen molar-refractivity contribution in [3.63, 3.8) is 0 Å². The summed E-state index contributed by atoms with van der Waals surface area (Å²) in [7, 11) is 0. The number of likely N-dealkylation sites (N-methyl/N-ethyl adjacent to an activating group) is 1. The van der Waals surface area contributed by atoms with Crippen molar-refractivity contribution in [2.45, 2.75) is 46.5 Å². The minimum Gasteiger partial charge on any atom is -0.315 e. The van der Waals surface area contributed by atoms with E-state index in [2.05, 4.69) is 31.0 Å². The first-order valence-electron chi connectivity index (χ1n) is 7.15. The molecule has 0 unspecified atom stereocenters. The largest absolute Gasteiger partial charge is 0.315 e. The summed E-state index contributed by atoms with van der Waals surface area (Å²) in [6, 6.07) is 0. The van der Waals surface area contributed by atoms with Crippen molar-refractivity contribution in [2.75, 3.05) is 32.7 Å². The average Bonchev–Trinajstić information content (AvgIpc) is 3.04. The molecule has 1 N–H and O–H groups in total. The minimum atomic E-state index is 0.851. The number of hydrogen-bond donors (Lipinski definition) is 1. The van der Waals surface area contributed by atoms with E-state index in [0.29, 0.717) is 0 Å². The van der Waals surface area contributed by atoms with E-state index in [9.17, 15) is 0 Å². The highest BCUT2D eigenvalue weighted by molar-refractivity contribution is 4.77. The van der Waals surface area contributed by atoms with Gasteiger partial charge in [-0.3, -0.25) is 0 Å². The van der Waals surface area contributed by atoms with E-state index in [1.165, 1.54) is 58.4 Å². The normalized spacial score (nSPS) is 16.3. The van der Waals surface area contributed by atoms with Crippen LogP contribution in [0.3, 0.4) is 0 Å². The molecule has 0 amide bonds. The molecule has 0 spiro atoms. The maximum atomic E-state index is 3.56. The van der Waals surface area contributed by atoms with Crippen molar-refractivity contribution in [2.24, 2.45) is 11.8 Å². The second kappa shape index (κ2) is 8.08. The van der Waals surface area contributed by atoms with Crippen LogP contribution in [0.25, 0.3) is 0 Å². The third-order valence-electron chi connectivity index (χ3n) is 3.40. The van der Waals surface area contributed by atoms with E-state index < -0.39 is 0 Å². The van der Waals surface area contributed by atoms with Crippen LogP contribution in [0.5, 0.6) is 0 Å². The number of rotatable bonds is 10. The molecule has 0 radical (unpaired) electrons. The van der Waals surface area contributed by atoms with Gasteiger partial charge in [0.25, 0.3) is 0 Å². The van der Waals surface area contributed by atoms with Gasteiger partial charge in [-0.25, -0.2) is 0 Å². The Morgan fingerprint density at radius 1 is 1.25 bits per heavy atom. The van der Waals surface area contributed by atoms with E-state index in [4.69, 9.17) is 0 Å². The SMILES string of the molecule is CCN(CCNCCCC(C)C)CC1CC1. The van der Waals surface area contributed by atoms with Crippen LogP contribution in [0, 0.1) is 11.8 Å². The Hall–Kier alpha value is -0.0800. The highest BCUT2D eigenvalue weighted by Gasteiger charge is 2.23. The summed E-state index contributed by atoms with van der Waals surface area (Å²) in [4.78, 5) is 2.59. The summed E-state index contributed by atoms with van der Waals surface area (Å²) in [6.07, 6.45) is 5.62. The quantitative estimate of drug-likeness (QED) is 0.576. The van der Waals surface area contributed by atoms with Crippen LogP contribution in [0.2, 0.25) is 0 Å². The van der Waals surface area contributed by atoms with Gasteiger partial charge >= 0.3 is 0 Å². The molecule has 2 nitrogen and oxygen atoms in total. The molecule has 1 fully saturated rings. The standard InChI is InChI=1S/C14H30N2/c1-4-16(12-14-7-8-14)11-10-15-9-5-6-13(2)3/h13-15H,4-12H2,1-3H3. The van der Waals surface area contributed by atoms with Gasteiger partial charge in [0.15, 0.2) is 0 Å². The van der Waals surface area contributed by atoms with Crippen molar-refractivity contribution < 1.29 is 0 Å². The summed E-state index contributed by atoms with van der Waals surface area (Å²) >= 11 is 0. The van der Waals surface area contributed by atoms with Gasteiger partial charge in [-0.05, 0) is 50.6 Å². The second-order valence-corrected chi connectivity index (χ2v) is 5.62. The smallest absolute Gasteiger partial charge is 0.0107 e. The van der Waals surface area contributed by atoms with E-state index in [-0.39, 0.29) is 0 Å². The lowest BCUT2D eigenvalue weighted by atomic mass is 10.1. The van der Waals surface area contributed by atoms with Gasteiger partial charge in [-0.1, -0.05) is 20.8 Å². The molecule has 0 aromatic heterocycles. The zero-order chi connectivity index (χ0) is 11.8. The average molecular weight is 226 g/mol. The number of nitrogens with zero attached hydrogens (tertiary/aromatic N) is 1. The van der Waals surface area contributed by atoms with Crippen LogP contribution < -0.4 is 5.32 Å². The predicted molar refractivity (Wildman–Crippen MR) is 71.8 cm³/mol. The fraction of sp³-hybridized carbons (Fsp3) is 1.00. The topological polar surface area (TPSA) is 15.3 Å². The van der Waals surface area contributed by atoms with Crippen LogP contribution in [-0.4, -0.2) is 37.6 Å². The van der Waals surface area contributed by atoms with Crippen LogP contribution in [0.4, 0.5) is 0 Å². The Balaban J connectivity index is 1.87.